The molecule has 1 aliphatic heterocycles. The predicted molar refractivity (Wildman–Crippen MR) is 61.9 cm³/mol. The summed E-state index contributed by atoms with van der Waals surface area (Å²) < 4.78 is 0. The molecule has 15 heavy (non-hydrogen) atoms. The molecule has 3 heteroatoms. The molecule has 0 radical (unpaired) electrons. The Hall–Kier alpha value is -0.120. The highest BCUT2D eigenvalue weighted by Crippen LogP contribution is 2.35. The number of hydrogen-bond acceptors (Lipinski definition) is 3. The van der Waals surface area contributed by atoms with Crippen LogP contribution in [-0.4, -0.2) is 47.3 Å². The minimum Gasteiger partial charge on any atom is -0.396 e. The van der Waals surface area contributed by atoms with Crippen LogP contribution in [0.2, 0.25) is 0 Å². The van der Waals surface area contributed by atoms with Crippen molar-refractivity contribution in [3.63, 3.8) is 0 Å². The second kappa shape index (κ2) is 4.40. The molecular weight excluding hydrogens is 188 g/mol. The molecule has 1 aliphatic carbocycles. The van der Waals surface area contributed by atoms with Crippen LogP contribution < -0.4 is 5.32 Å². The number of rotatable bonds is 3. The summed E-state index contributed by atoms with van der Waals surface area (Å²) >= 11 is 0. The number of aliphatic hydroxyl groups excluding tert-OH is 1. The quantitative estimate of drug-likeness (QED) is 0.732. The third kappa shape index (κ3) is 2.71. The van der Waals surface area contributed by atoms with E-state index in [1.807, 2.05) is 0 Å². The highest BCUT2D eigenvalue weighted by molar-refractivity contribution is 4.97. The van der Waals surface area contributed by atoms with Gasteiger partial charge in [0.05, 0.1) is 0 Å². The Morgan fingerprint density at radius 3 is 2.73 bits per heavy atom. The summed E-state index contributed by atoms with van der Waals surface area (Å²) in [5.41, 5.74) is 0.332. The maximum atomic E-state index is 9.02. The Morgan fingerprint density at radius 1 is 1.40 bits per heavy atom. The number of nitrogens with one attached hydrogen (secondary N) is 1. The third-order valence-corrected chi connectivity index (χ3v) is 3.83. The molecule has 2 rings (SSSR count). The summed E-state index contributed by atoms with van der Waals surface area (Å²) in [7, 11) is 0. The number of nitrogens with zero attached hydrogens (tertiary/aromatic N) is 1. The van der Waals surface area contributed by atoms with Crippen molar-refractivity contribution in [2.75, 3.05) is 19.7 Å². The average Bonchev–Trinajstić information content (AvgIpc) is 2.95. The smallest absolute Gasteiger partial charge is 0.0446 e. The SMILES string of the molecule is CC1(C)CCNC(CCO)CN1C1CC1. The summed E-state index contributed by atoms with van der Waals surface area (Å²) in [4.78, 5) is 2.66. The van der Waals surface area contributed by atoms with Crippen LogP contribution >= 0.6 is 0 Å². The van der Waals surface area contributed by atoms with Gasteiger partial charge >= 0.3 is 0 Å². The molecule has 88 valence electrons. The molecule has 2 aliphatic rings. The molecular formula is C12H24N2O. The zero-order chi connectivity index (χ0) is 10.9. The molecule has 0 aromatic rings. The first-order valence-electron chi connectivity index (χ1n) is 6.24. The van der Waals surface area contributed by atoms with Crippen molar-refractivity contribution in [1.82, 2.24) is 10.2 Å². The monoisotopic (exact) mass is 212 g/mol. The summed E-state index contributed by atoms with van der Waals surface area (Å²) in [6.45, 7) is 7.21. The van der Waals surface area contributed by atoms with E-state index in [2.05, 4.69) is 24.1 Å². The van der Waals surface area contributed by atoms with E-state index < -0.39 is 0 Å². The molecule has 0 amide bonds. The van der Waals surface area contributed by atoms with Crippen LogP contribution in [0, 0.1) is 0 Å². The van der Waals surface area contributed by atoms with Crippen LogP contribution in [0.25, 0.3) is 0 Å². The Bertz CT molecular complexity index is 214. The molecule has 0 aromatic carbocycles. The Balaban J connectivity index is 2.01. The van der Waals surface area contributed by atoms with Gasteiger partial charge in [0.25, 0.3) is 0 Å². The zero-order valence-corrected chi connectivity index (χ0v) is 10.00. The zero-order valence-electron chi connectivity index (χ0n) is 10.00. The largest absolute Gasteiger partial charge is 0.396 e. The minimum absolute atomic E-state index is 0.302. The fraction of sp³-hybridized carbons (Fsp3) is 1.00. The van der Waals surface area contributed by atoms with Gasteiger partial charge in [-0.1, -0.05) is 0 Å². The fourth-order valence-corrected chi connectivity index (χ4v) is 2.65. The lowest BCUT2D eigenvalue weighted by Gasteiger charge is -2.38. The molecule has 1 heterocycles. The first kappa shape index (κ1) is 11.4. The van der Waals surface area contributed by atoms with Gasteiger partial charge in [-0.25, -0.2) is 0 Å². The predicted octanol–water partition coefficient (Wildman–Crippen LogP) is 0.974. The number of aliphatic hydroxyl groups is 1. The van der Waals surface area contributed by atoms with E-state index >= 15 is 0 Å². The molecule has 1 unspecified atom stereocenters. The summed E-state index contributed by atoms with van der Waals surface area (Å²) in [6, 6.07) is 1.30. The van der Waals surface area contributed by atoms with E-state index in [0.717, 1.165) is 25.6 Å². The first-order valence-corrected chi connectivity index (χ1v) is 6.24. The van der Waals surface area contributed by atoms with Gasteiger partial charge in [0.15, 0.2) is 0 Å². The molecule has 0 aromatic heterocycles. The van der Waals surface area contributed by atoms with Gasteiger partial charge in [-0.05, 0) is 46.1 Å². The van der Waals surface area contributed by atoms with Crippen LogP contribution in [0.15, 0.2) is 0 Å². The van der Waals surface area contributed by atoms with Crippen molar-refractivity contribution in [2.24, 2.45) is 0 Å². The lowest BCUT2D eigenvalue weighted by molar-refractivity contribution is 0.106. The van der Waals surface area contributed by atoms with Gasteiger partial charge in [-0.15, -0.1) is 0 Å². The van der Waals surface area contributed by atoms with Crippen LogP contribution in [0.4, 0.5) is 0 Å². The maximum absolute atomic E-state index is 9.02. The number of hydrogen-bond donors (Lipinski definition) is 2. The summed E-state index contributed by atoms with van der Waals surface area (Å²) in [5, 5.41) is 12.6. The van der Waals surface area contributed by atoms with Crippen LogP contribution in [0.5, 0.6) is 0 Å². The van der Waals surface area contributed by atoms with Crippen molar-refractivity contribution in [2.45, 2.75) is 57.2 Å². The molecule has 2 fully saturated rings. The molecule has 3 nitrogen and oxygen atoms in total. The highest BCUT2D eigenvalue weighted by Gasteiger charge is 2.40. The maximum Gasteiger partial charge on any atom is 0.0446 e. The second-order valence-corrected chi connectivity index (χ2v) is 5.61. The van der Waals surface area contributed by atoms with E-state index in [9.17, 15) is 0 Å². The Morgan fingerprint density at radius 2 is 2.13 bits per heavy atom. The van der Waals surface area contributed by atoms with Gasteiger partial charge in [-0.3, -0.25) is 4.90 Å². The topological polar surface area (TPSA) is 35.5 Å². The van der Waals surface area contributed by atoms with E-state index in [1.165, 1.54) is 19.3 Å². The van der Waals surface area contributed by atoms with Crippen LogP contribution in [0.1, 0.15) is 39.5 Å². The first-order chi connectivity index (χ1) is 7.13. The van der Waals surface area contributed by atoms with Gasteiger partial charge in [-0.2, -0.15) is 0 Å². The van der Waals surface area contributed by atoms with Crippen LogP contribution in [-0.2, 0) is 0 Å². The van der Waals surface area contributed by atoms with Gasteiger partial charge in [0.2, 0.25) is 0 Å². The van der Waals surface area contributed by atoms with Crippen molar-refractivity contribution >= 4 is 0 Å². The molecule has 1 atom stereocenters. The van der Waals surface area contributed by atoms with E-state index in [0.29, 0.717) is 18.2 Å². The minimum atomic E-state index is 0.302. The molecule has 1 saturated carbocycles. The molecule has 0 bridgehead atoms. The molecule has 0 spiro atoms. The van der Waals surface area contributed by atoms with Crippen LogP contribution in [0.3, 0.4) is 0 Å². The molecule has 2 N–H and O–H groups in total. The second-order valence-electron chi connectivity index (χ2n) is 5.61. The summed E-state index contributed by atoms with van der Waals surface area (Å²) in [6.07, 6.45) is 4.84. The van der Waals surface area contributed by atoms with Crippen molar-refractivity contribution in [3.8, 4) is 0 Å². The van der Waals surface area contributed by atoms with Gasteiger partial charge in [0, 0.05) is 30.8 Å². The van der Waals surface area contributed by atoms with E-state index in [4.69, 9.17) is 5.11 Å². The van der Waals surface area contributed by atoms with Crippen molar-refractivity contribution < 1.29 is 5.11 Å². The Kier molecular flexibility index (Phi) is 3.33. The van der Waals surface area contributed by atoms with E-state index in [1.54, 1.807) is 0 Å². The fourth-order valence-electron chi connectivity index (χ4n) is 2.65. The Labute approximate surface area is 92.8 Å². The van der Waals surface area contributed by atoms with Gasteiger partial charge < -0.3 is 10.4 Å². The lowest BCUT2D eigenvalue weighted by Crippen LogP contribution is -2.48. The van der Waals surface area contributed by atoms with Crippen molar-refractivity contribution in [1.29, 1.82) is 0 Å². The summed E-state index contributed by atoms with van der Waals surface area (Å²) in [5.74, 6) is 0. The average molecular weight is 212 g/mol. The molecule has 1 saturated heterocycles. The third-order valence-electron chi connectivity index (χ3n) is 3.83. The van der Waals surface area contributed by atoms with Crippen molar-refractivity contribution in [3.05, 3.63) is 0 Å². The standard InChI is InChI=1S/C12H24N2O/c1-12(2)6-7-13-10(5-8-15)9-14(12)11-3-4-11/h10-11,13,15H,3-9H2,1-2H3. The van der Waals surface area contributed by atoms with Gasteiger partial charge in [0.1, 0.15) is 0 Å². The van der Waals surface area contributed by atoms with E-state index in [-0.39, 0.29) is 0 Å². The lowest BCUT2D eigenvalue weighted by atomic mass is 9.98. The highest BCUT2D eigenvalue weighted by atomic mass is 16.3. The normalized spacial score (nSPS) is 32.6.